The van der Waals surface area contributed by atoms with Crippen LogP contribution in [0.2, 0.25) is 11.4 Å². The lowest BCUT2D eigenvalue weighted by atomic mass is 9.54. The molecule has 1 fully saturated rings. The fourth-order valence-corrected chi connectivity index (χ4v) is 14.2. The number of carbonyl (C=O) groups excluding carboxylic acids is 2. The molecular weight excluding hydrogens is 755 g/mol. The first kappa shape index (κ1) is 38.4. The van der Waals surface area contributed by atoms with Crippen LogP contribution in [-0.4, -0.2) is 49.8 Å². The summed E-state index contributed by atoms with van der Waals surface area (Å²) in [7, 11) is -4.04. The topological polar surface area (TPSA) is 93.1 Å². The van der Waals surface area contributed by atoms with E-state index in [1.165, 1.54) is 0 Å². The molecule has 1 heterocycles. The van der Waals surface area contributed by atoms with Gasteiger partial charge in [0, 0.05) is 33.0 Å². The summed E-state index contributed by atoms with van der Waals surface area (Å²) in [5, 5.41) is 24.0. The lowest BCUT2D eigenvalue weighted by Gasteiger charge is -2.48. The maximum absolute atomic E-state index is 14.4. The lowest BCUT2D eigenvalue weighted by molar-refractivity contribution is 0.0591. The zero-order valence-electron chi connectivity index (χ0n) is 31.4. The van der Waals surface area contributed by atoms with E-state index < -0.39 is 33.4 Å². The highest BCUT2D eigenvalue weighted by molar-refractivity contribution is 9.10. The molecule has 0 saturated carbocycles. The molecule has 278 valence electrons. The average Bonchev–Trinajstić information content (AvgIpc) is 3.16. The Morgan fingerprint density at radius 3 is 2.13 bits per heavy atom. The number of ketones is 2. The number of benzene rings is 4. The summed E-state index contributed by atoms with van der Waals surface area (Å²) in [6.45, 7) is 9.13. The van der Waals surface area contributed by atoms with Crippen molar-refractivity contribution in [1.29, 1.82) is 0 Å². The Morgan fingerprint density at radius 2 is 1.52 bits per heavy atom. The van der Waals surface area contributed by atoms with Gasteiger partial charge in [0.15, 0.2) is 11.6 Å². The summed E-state index contributed by atoms with van der Waals surface area (Å²) in [4.78, 5) is 28.7. The molecule has 9 heteroatoms. The van der Waals surface area contributed by atoms with Gasteiger partial charge in [0.1, 0.15) is 5.75 Å². The number of aromatic hydroxyl groups is 1. The quantitative estimate of drug-likeness (QED) is 0.123. The second-order valence-corrected chi connectivity index (χ2v) is 21.2. The van der Waals surface area contributed by atoms with E-state index in [2.05, 4.69) is 92.2 Å². The Morgan fingerprint density at radius 1 is 0.907 bits per heavy atom. The van der Waals surface area contributed by atoms with Crippen LogP contribution >= 0.6 is 15.9 Å². The summed E-state index contributed by atoms with van der Waals surface area (Å²) < 4.78 is 14.8. The van der Waals surface area contributed by atoms with Gasteiger partial charge in [-0.25, -0.2) is 0 Å². The molecular formula is C45H48BBrO6Si. The molecule has 4 atom stereocenters. The number of Topliss-reactive ketones (excluding diaryl/α,β-unsaturated/α-hetero) is 2. The lowest BCUT2D eigenvalue weighted by Crippen LogP contribution is -2.66. The van der Waals surface area contributed by atoms with E-state index in [-0.39, 0.29) is 41.2 Å². The van der Waals surface area contributed by atoms with Crippen LogP contribution in [0.3, 0.4) is 0 Å². The molecule has 0 unspecified atom stereocenters. The minimum absolute atomic E-state index is 0.0141. The van der Waals surface area contributed by atoms with Crippen molar-refractivity contribution in [1.82, 2.24) is 0 Å². The molecule has 0 radical (unpaired) electrons. The van der Waals surface area contributed by atoms with E-state index >= 15 is 0 Å². The van der Waals surface area contributed by atoms with Gasteiger partial charge in [-0.3, -0.25) is 9.59 Å². The summed E-state index contributed by atoms with van der Waals surface area (Å²) in [6, 6.07) is 33.6. The third-order valence-corrected chi connectivity index (χ3v) is 17.2. The average molecular weight is 804 g/mol. The van der Waals surface area contributed by atoms with E-state index in [0.29, 0.717) is 30.4 Å². The second-order valence-electron chi connectivity index (χ2n) is 15.9. The molecule has 0 amide bonds. The number of fused-ring (bicyclic) bond motifs is 4. The highest BCUT2D eigenvalue weighted by Gasteiger charge is 2.55. The van der Waals surface area contributed by atoms with Gasteiger partial charge in [-0.15, -0.1) is 0 Å². The summed E-state index contributed by atoms with van der Waals surface area (Å²) in [6.07, 6.45) is 4.16. The first-order valence-electron chi connectivity index (χ1n) is 19.1. The highest BCUT2D eigenvalue weighted by atomic mass is 79.9. The molecule has 2 N–H and O–H groups in total. The van der Waals surface area contributed by atoms with Crippen molar-refractivity contribution in [3.05, 3.63) is 141 Å². The Labute approximate surface area is 328 Å². The monoisotopic (exact) mass is 802 g/mol. The molecule has 7 rings (SSSR count). The van der Waals surface area contributed by atoms with Crippen LogP contribution in [0.15, 0.2) is 124 Å². The molecule has 1 saturated heterocycles. The zero-order valence-corrected chi connectivity index (χ0v) is 34.0. The summed E-state index contributed by atoms with van der Waals surface area (Å²) >= 11 is 3.52. The predicted molar refractivity (Wildman–Crippen MR) is 222 cm³/mol. The van der Waals surface area contributed by atoms with Gasteiger partial charge < -0.3 is 19.2 Å². The molecule has 0 aromatic heterocycles. The van der Waals surface area contributed by atoms with Gasteiger partial charge >= 0.3 is 7.12 Å². The molecule has 4 aromatic carbocycles. The number of phenols is 1. The molecule has 1 aliphatic heterocycles. The van der Waals surface area contributed by atoms with Gasteiger partial charge in [0.05, 0.1) is 12.7 Å². The first-order valence-corrected chi connectivity index (χ1v) is 21.8. The van der Waals surface area contributed by atoms with Crippen LogP contribution < -0.4 is 10.4 Å². The number of halogens is 1. The normalized spacial score (nSPS) is 21.8. The predicted octanol–water partition coefficient (Wildman–Crippen LogP) is 8.81. The van der Waals surface area contributed by atoms with E-state index in [9.17, 15) is 19.7 Å². The molecule has 54 heavy (non-hydrogen) atoms. The standard InChI is InChI=1S/C45H48BBrO6Si/c1-5-29(24-30-25-32(47)21-22-39(30)48)20-23-40-41-31(28-52-54(45(2,3)4,33-14-8-6-9-15-33)34-16-10-7-11-17-34)26-37-42(38(41)27-46(51)53-40)44(50)36-19-13-12-18-35(36)43(37)49/h6-19,21-22,24-25,37-38,40,42,48,51H,5,20,23,26-28H2,1-4H3/b29-24+/t37-,38+,40-,42-/m1/s1. The van der Waals surface area contributed by atoms with Crippen molar-refractivity contribution in [3.63, 3.8) is 0 Å². The molecule has 0 bridgehead atoms. The van der Waals surface area contributed by atoms with Gasteiger partial charge in [-0.2, -0.15) is 0 Å². The van der Waals surface area contributed by atoms with Crippen LogP contribution in [0.5, 0.6) is 5.75 Å². The van der Waals surface area contributed by atoms with Crippen LogP contribution in [0, 0.1) is 17.8 Å². The summed E-state index contributed by atoms with van der Waals surface area (Å²) in [5.74, 6) is -1.34. The second kappa shape index (κ2) is 15.7. The Hall–Kier alpha value is -3.86. The highest BCUT2D eigenvalue weighted by Crippen LogP contribution is 2.51. The van der Waals surface area contributed by atoms with Gasteiger partial charge in [0.25, 0.3) is 8.32 Å². The van der Waals surface area contributed by atoms with Crippen LogP contribution in [0.4, 0.5) is 0 Å². The van der Waals surface area contributed by atoms with Gasteiger partial charge in [-0.05, 0) is 82.7 Å². The van der Waals surface area contributed by atoms with Crippen molar-refractivity contribution in [2.24, 2.45) is 17.8 Å². The minimum atomic E-state index is -2.97. The minimum Gasteiger partial charge on any atom is -0.507 e. The molecule has 3 aliphatic rings. The number of carbonyl (C=O) groups is 2. The Balaban J connectivity index is 1.33. The van der Waals surface area contributed by atoms with Crippen molar-refractivity contribution >= 4 is 59.4 Å². The smallest absolute Gasteiger partial charge is 0.455 e. The number of hydrogen-bond acceptors (Lipinski definition) is 6. The van der Waals surface area contributed by atoms with Crippen molar-refractivity contribution in [2.75, 3.05) is 6.61 Å². The van der Waals surface area contributed by atoms with Crippen LogP contribution in [0.1, 0.15) is 79.7 Å². The van der Waals surface area contributed by atoms with Crippen molar-refractivity contribution < 1.29 is 28.8 Å². The summed E-state index contributed by atoms with van der Waals surface area (Å²) in [5.41, 5.74) is 4.81. The molecule has 4 aromatic rings. The number of phenolic OH excluding ortho intramolecular Hbond substituents is 1. The van der Waals surface area contributed by atoms with E-state index in [4.69, 9.17) is 9.08 Å². The first-order chi connectivity index (χ1) is 25.9. The molecule has 0 spiro atoms. The van der Waals surface area contributed by atoms with Crippen LogP contribution in [-0.2, 0) is 9.08 Å². The fourth-order valence-electron chi connectivity index (χ4n) is 9.29. The van der Waals surface area contributed by atoms with E-state index in [1.54, 1.807) is 18.2 Å². The zero-order chi connectivity index (χ0) is 38.2. The maximum Gasteiger partial charge on any atom is 0.455 e. The van der Waals surface area contributed by atoms with Crippen LogP contribution in [0.25, 0.3) is 6.08 Å². The SMILES string of the molecule is CC/C(=C\c1cc(Br)ccc1O)CC[C@H]1OB(O)C[C@H]2C1=C(CO[Si](c1ccccc1)(c1ccccc1)C(C)(C)C)C[C@H]1C(=O)c3ccccc3C(=O)[C@H]12. The van der Waals surface area contributed by atoms with Gasteiger partial charge in [0.2, 0.25) is 0 Å². The largest absolute Gasteiger partial charge is 0.507 e. The van der Waals surface area contributed by atoms with E-state index in [0.717, 1.165) is 43.5 Å². The fraction of sp³-hybridized carbons (Fsp3) is 0.333. The Bertz CT molecular complexity index is 2050. The number of rotatable bonds is 10. The molecule has 2 aliphatic carbocycles. The number of hydrogen-bond donors (Lipinski definition) is 2. The number of allylic oxidation sites excluding steroid dienone is 1. The van der Waals surface area contributed by atoms with Crippen molar-refractivity contribution in [2.45, 2.75) is 70.8 Å². The third-order valence-electron chi connectivity index (χ3n) is 11.8. The molecule has 6 nitrogen and oxygen atoms in total. The van der Waals surface area contributed by atoms with Gasteiger partial charge in [-0.1, -0.05) is 140 Å². The van der Waals surface area contributed by atoms with E-state index in [1.807, 2.05) is 42.5 Å². The maximum atomic E-state index is 14.4. The van der Waals surface area contributed by atoms with Crippen molar-refractivity contribution in [3.8, 4) is 5.75 Å². The Kier molecular flexibility index (Phi) is 11.2. The third kappa shape index (κ3) is 7.17.